The van der Waals surface area contributed by atoms with Crippen LogP contribution in [0, 0.1) is 25.7 Å². The van der Waals surface area contributed by atoms with E-state index in [0.717, 1.165) is 35.8 Å². The lowest BCUT2D eigenvalue weighted by Crippen LogP contribution is -2.34. The first-order chi connectivity index (χ1) is 10.5. The van der Waals surface area contributed by atoms with Crippen LogP contribution in [0.25, 0.3) is 0 Å². The third-order valence-electron chi connectivity index (χ3n) is 5.11. The van der Waals surface area contributed by atoms with Crippen molar-refractivity contribution in [2.45, 2.75) is 72.3 Å². The van der Waals surface area contributed by atoms with E-state index in [9.17, 15) is 4.79 Å². The van der Waals surface area contributed by atoms with E-state index in [0.29, 0.717) is 6.54 Å². The number of hydrogen-bond donors (Lipinski definition) is 0. The van der Waals surface area contributed by atoms with Crippen molar-refractivity contribution < 1.29 is 9.32 Å². The predicted octanol–water partition coefficient (Wildman–Crippen LogP) is 4.25. The largest absolute Gasteiger partial charge is 0.361 e. The molecule has 1 aromatic rings. The van der Waals surface area contributed by atoms with Crippen molar-refractivity contribution in [3.05, 3.63) is 17.0 Å². The van der Waals surface area contributed by atoms with Crippen molar-refractivity contribution >= 4 is 5.91 Å². The molecular formula is C18H30N2O2. The van der Waals surface area contributed by atoms with Gasteiger partial charge in [-0.2, -0.15) is 0 Å². The van der Waals surface area contributed by atoms with Crippen LogP contribution in [0.2, 0.25) is 0 Å². The second-order valence-electron chi connectivity index (χ2n) is 6.86. The maximum atomic E-state index is 12.6. The van der Waals surface area contributed by atoms with Gasteiger partial charge in [-0.1, -0.05) is 31.3 Å². The molecule has 4 nitrogen and oxygen atoms in total. The lowest BCUT2D eigenvalue weighted by atomic mass is 9.79. The van der Waals surface area contributed by atoms with Gasteiger partial charge in [-0.05, 0) is 45.4 Å². The fraction of sp³-hybridized carbons (Fsp3) is 0.778. The van der Waals surface area contributed by atoms with Crippen LogP contribution in [0.5, 0.6) is 0 Å². The number of rotatable bonds is 6. The molecule has 0 spiro atoms. The summed E-state index contributed by atoms with van der Waals surface area (Å²) in [4.78, 5) is 14.5. The average molecular weight is 306 g/mol. The summed E-state index contributed by atoms with van der Waals surface area (Å²) >= 11 is 0. The van der Waals surface area contributed by atoms with Crippen molar-refractivity contribution in [2.24, 2.45) is 11.8 Å². The Morgan fingerprint density at radius 2 is 1.95 bits per heavy atom. The number of amides is 1. The molecule has 0 aliphatic heterocycles. The number of aromatic nitrogens is 1. The Bertz CT molecular complexity index is 468. The Hall–Kier alpha value is -1.32. The lowest BCUT2D eigenvalue weighted by Gasteiger charge is -2.30. The molecule has 0 radical (unpaired) electrons. The third-order valence-corrected chi connectivity index (χ3v) is 5.11. The molecule has 0 aromatic carbocycles. The van der Waals surface area contributed by atoms with Crippen LogP contribution in [0.4, 0.5) is 0 Å². The van der Waals surface area contributed by atoms with Crippen LogP contribution in [-0.4, -0.2) is 23.0 Å². The molecule has 0 atom stereocenters. The van der Waals surface area contributed by atoms with E-state index in [1.165, 1.54) is 32.1 Å². The highest BCUT2D eigenvalue weighted by Gasteiger charge is 2.28. The molecule has 1 heterocycles. The Balaban J connectivity index is 1.84. The zero-order chi connectivity index (χ0) is 16.1. The van der Waals surface area contributed by atoms with Gasteiger partial charge < -0.3 is 9.42 Å². The molecule has 0 saturated heterocycles. The van der Waals surface area contributed by atoms with Crippen LogP contribution < -0.4 is 0 Å². The highest BCUT2D eigenvalue weighted by molar-refractivity contribution is 5.78. The number of carbonyl (C=O) groups is 1. The van der Waals surface area contributed by atoms with Crippen molar-refractivity contribution in [3.63, 3.8) is 0 Å². The summed E-state index contributed by atoms with van der Waals surface area (Å²) in [5.74, 6) is 2.16. The summed E-state index contributed by atoms with van der Waals surface area (Å²) in [5.41, 5.74) is 1.94. The summed E-state index contributed by atoms with van der Waals surface area (Å²) in [7, 11) is 1.90. The highest BCUT2D eigenvalue weighted by atomic mass is 16.5. The van der Waals surface area contributed by atoms with Gasteiger partial charge in [0.2, 0.25) is 5.91 Å². The topological polar surface area (TPSA) is 46.3 Å². The molecule has 1 saturated carbocycles. The van der Waals surface area contributed by atoms with E-state index in [1.54, 1.807) is 0 Å². The normalized spacial score (nSPS) is 21.8. The highest BCUT2D eigenvalue weighted by Crippen LogP contribution is 2.33. The van der Waals surface area contributed by atoms with E-state index in [2.05, 4.69) is 12.1 Å². The van der Waals surface area contributed by atoms with Gasteiger partial charge in [0.25, 0.3) is 0 Å². The van der Waals surface area contributed by atoms with Crippen molar-refractivity contribution in [3.8, 4) is 0 Å². The average Bonchev–Trinajstić information content (AvgIpc) is 2.84. The zero-order valence-electron chi connectivity index (χ0n) is 14.5. The van der Waals surface area contributed by atoms with Crippen molar-refractivity contribution in [1.82, 2.24) is 10.1 Å². The number of unbranched alkanes of at least 4 members (excludes halogenated alkanes) is 1. The second-order valence-corrected chi connectivity index (χ2v) is 6.86. The molecule has 0 unspecified atom stereocenters. The number of hydrogen-bond acceptors (Lipinski definition) is 3. The minimum absolute atomic E-state index is 0.211. The summed E-state index contributed by atoms with van der Waals surface area (Å²) < 4.78 is 5.18. The van der Waals surface area contributed by atoms with Gasteiger partial charge in [-0.15, -0.1) is 0 Å². The Morgan fingerprint density at radius 3 is 2.50 bits per heavy atom. The van der Waals surface area contributed by atoms with E-state index in [1.807, 2.05) is 25.8 Å². The van der Waals surface area contributed by atoms with Gasteiger partial charge in [0.15, 0.2) is 0 Å². The van der Waals surface area contributed by atoms with Crippen molar-refractivity contribution in [1.29, 1.82) is 0 Å². The quantitative estimate of drug-likeness (QED) is 0.789. The fourth-order valence-electron chi connectivity index (χ4n) is 3.55. The summed E-state index contributed by atoms with van der Waals surface area (Å²) in [5, 5.41) is 3.97. The van der Waals surface area contributed by atoms with E-state index in [4.69, 9.17) is 4.52 Å². The predicted molar refractivity (Wildman–Crippen MR) is 87.4 cm³/mol. The molecule has 124 valence electrons. The molecule has 0 bridgehead atoms. The maximum Gasteiger partial charge on any atom is 0.225 e. The number of aryl methyl sites for hydroxylation is 2. The van der Waals surface area contributed by atoms with Gasteiger partial charge in [-0.3, -0.25) is 4.79 Å². The van der Waals surface area contributed by atoms with E-state index in [-0.39, 0.29) is 11.8 Å². The molecule has 4 heteroatoms. The number of carbonyl (C=O) groups excluding carboxylic acids is 1. The molecule has 1 aliphatic rings. The first kappa shape index (κ1) is 17.0. The standard InChI is InChI=1S/C18H30N2O2/c1-5-6-7-15-8-10-16(11-9-15)18(21)20(4)12-17-13(2)19-22-14(17)3/h15-16H,5-12H2,1-4H3. The smallest absolute Gasteiger partial charge is 0.225 e. The van der Waals surface area contributed by atoms with E-state index >= 15 is 0 Å². The van der Waals surface area contributed by atoms with Crippen LogP contribution in [0.3, 0.4) is 0 Å². The Labute approximate surface area is 134 Å². The van der Waals surface area contributed by atoms with Gasteiger partial charge in [0.1, 0.15) is 5.76 Å². The summed E-state index contributed by atoms with van der Waals surface area (Å²) in [6.45, 7) is 6.70. The molecule has 1 amide bonds. The van der Waals surface area contributed by atoms with Crippen LogP contribution >= 0.6 is 0 Å². The van der Waals surface area contributed by atoms with Crippen LogP contribution in [0.1, 0.15) is 68.9 Å². The van der Waals surface area contributed by atoms with Gasteiger partial charge in [0, 0.05) is 18.5 Å². The van der Waals surface area contributed by atoms with Crippen molar-refractivity contribution in [2.75, 3.05) is 7.05 Å². The molecule has 1 fully saturated rings. The molecule has 22 heavy (non-hydrogen) atoms. The molecule has 2 rings (SSSR count). The summed E-state index contributed by atoms with van der Waals surface area (Å²) in [6, 6.07) is 0. The first-order valence-electron chi connectivity index (χ1n) is 8.69. The van der Waals surface area contributed by atoms with Gasteiger partial charge >= 0.3 is 0 Å². The minimum Gasteiger partial charge on any atom is -0.361 e. The first-order valence-corrected chi connectivity index (χ1v) is 8.69. The Kier molecular flexibility index (Phi) is 6.04. The molecule has 1 aliphatic carbocycles. The molecule has 0 N–H and O–H groups in total. The lowest BCUT2D eigenvalue weighted by molar-refractivity contribution is -0.136. The van der Waals surface area contributed by atoms with E-state index < -0.39 is 0 Å². The number of nitrogens with zero attached hydrogens (tertiary/aromatic N) is 2. The molecular weight excluding hydrogens is 276 g/mol. The second kappa shape index (κ2) is 7.80. The molecule has 1 aromatic heterocycles. The summed E-state index contributed by atoms with van der Waals surface area (Å²) in [6.07, 6.45) is 8.49. The minimum atomic E-state index is 0.211. The van der Waals surface area contributed by atoms with Gasteiger partial charge in [0.05, 0.1) is 12.2 Å². The fourth-order valence-corrected chi connectivity index (χ4v) is 3.55. The SMILES string of the molecule is CCCCC1CCC(C(=O)N(C)Cc2c(C)noc2C)CC1. The zero-order valence-corrected chi connectivity index (χ0v) is 14.5. The van der Waals surface area contributed by atoms with Crippen LogP contribution in [0.15, 0.2) is 4.52 Å². The maximum absolute atomic E-state index is 12.6. The third kappa shape index (κ3) is 4.11. The Morgan fingerprint density at radius 1 is 1.27 bits per heavy atom. The van der Waals surface area contributed by atoms with Crippen LogP contribution in [-0.2, 0) is 11.3 Å². The van der Waals surface area contributed by atoms with Gasteiger partial charge in [-0.25, -0.2) is 0 Å². The monoisotopic (exact) mass is 306 g/mol.